The molecule has 0 saturated carbocycles. The maximum absolute atomic E-state index is 5.83. The van der Waals surface area contributed by atoms with Crippen molar-refractivity contribution in [2.45, 2.75) is 13.0 Å². The van der Waals surface area contributed by atoms with Crippen molar-refractivity contribution in [3.05, 3.63) is 36.7 Å². The highest BCUT2D eigenvalue weighted by Gasteiger charge is 2.07. The molecule has 6 nitrogen and oxygen atoms in total. The summed E-state index contributed by atoms with van der Waals surface area (Å²) in [4.78, 5) is 16.1. The minimum Gasteiger partial charge on any atom is -0.348 e. The van der Waals surface area contributed by atoms with Crippen molar-refractivity contribution in [3.8, 4) is 5.95 Å². The van der Waals surface area contributed by atoms with Gasteiger partial charge in [-0.05, 0) is 18.5 Å². The molecule has 1 N–H and O–H groups in total. The Kier molecular flexibility index (Phi) is 3.34. The number of halogens is 1. The summed E-state index contributed by atoms with van der Waals surface area (Å²) >= 11 is 5.83. The number of anilines is 1. The molecular formula is C10H11ClN6. The van der Waals surface area contributed by atoms with Gasteiger partial charge in [-0.2, -0.15) is 15.0 Å². The summed E-state index contributed by atoms with van der Waals surface area (Å²) in [5, 5.41) is 3.16. The lowest BCUT2D eigenvalue weighted by atomic mass is 10.3. The van der Waals surface area contributed by atoms with Crippen molar-refractivity contribution in [1.29, 1.82) is 0 Å². The third-order valence-electron chi connectivity index (χ3n) is 2.04. The van der Waals surface area contributed by atoms with Gasteiger partial charge in [0.25, 0.3) is 0 Å². The fourth-order valence-electron chi connectivity index (χ4n) is 1.16. The molecule has 0 saturated heterocycles. The van der Waals surface area contributed by atoms with Crippen molar-refractivity contribution >= 4 is 17.5 Å². The van der Waals surface area contributed by atoms with Crippen LogP contribution in [0, 0.1) is 0 Å². The number of hydrogen-bond donors (Lipinski definition) is 1. The standard InChI is InChI=1S/C10H11ClN6/c1-3-7(2)13-9-14-8(11)15-10(16-9)17-5-4-12-6-17/h3-7H,1H2,2H3,(H,13,14,15,16). The van der Waals surface area contributed by atoms with Crippen LogP contribution in [0.2, 0.25) is 5.28 Å². The summed E-state index contributed by atoms with van der Waals surface area (Å²) in [6.45, 7) is 5.60. The van der Waals surface area contributed by atoms with E-state index in [-0.39, 0.29) is 11.3 Å². The van der Waals surface area contributed by atoms with Crippen LogP contribution in [0.15, 0.2) is 31.4 Å². The van der Waals surface area contributed by atoms with E-state index in [2.05, 4.69) is 31.8 Å². The van der Waals surface area contributed by atoms with E-state index in [1.165, 1.54) is 0 Å². The fraction of sp³-hybridized carbons (Fsp3) is 0.200. The number of aromatic nitrogens is 5. The lowest BCUT2D eigenvalue weighted by molar-refractivity contribution is 0.874. The minimum absolute atomic E-state index is 0.0455. The monoisotopic (exact) mass is 250 g/mol. The molecule has 2 heterocycles. The maximum atomic E-state index is 5.83. The molecule has 2 aromatic heterocycles. The first-order valence-corrected chi connectivity index (χ1v) is 5.36. The summed E-state index contributed by atoms with van der Waals surface area (Å²) in [6.07, 6.45) is 6.70. The van der Waals surface area contributed by atoms with Gasteiger partial charge in [0.05, 0.1) is 0 Å². The molecule has 2 rings (SSSR count). The third kappa shape index (κ3) is 2.79. The first kappa shape index (κ1) is 11.5. The van der Waals surface area contributed by atoms with E-state index in [1.807, 2.05) is 6.92 Å². The molecule has 0 aliphatic carbocycles. The Morgan fingerprint density at radius 2 is 2.29 bits per heavy atom. The van der Waals surface area contributed by atoms with E-state index in [0.717, 1.165) is 0 Å². The van der Waals surface area contributed by atoms with Gasteiger partial charge in [-0.1, -0.05) is 6.08 Å². The third-order valence-corrected chi connectivity index (χ3v) is 2.21. The van der Waals surface area contributed by atoms with E-state index >= 15 is 0 Å². The van der Waals surface area contributed by atoms with Crippen LogP contribution in [0.5, 0.6) is 0 Å². The largest absolute Gasteiger partial charge is 0.348 e. The number of nitrogens with zero attached hydrogens (tertiary/aromatic N) is 5. The number of rotatable bonds is 4. The number of nitrogens with one attached hydrogen (secondary N) is 1. The second-order valence-electron chi connectivity index (χ2n) is 3.37. The zero-order valence-corrected chi connectivity index (χ0v) is 9.96. The van der Waals surface area contributed by atoms with Crippen LogP contribution in [0.4, 0.5) is 5.95 Å². The fourth-order valence-corrected chi connectivity index (χ4v) is 1.32. The zero-order chi connectivity index (χ0) is 12.3. The van der Waals surface area contributed by atoms with Gasteiger partial charge in [0.2, 0.25) is 17.2 Å². The van der Waals surface area contributed by atoms with Gasteiger partial charge in [0.15, 0.2) is 0 Å². The quantitative estimate of drug-likeness (QED) is 0.837. The smallest absolute Gasteiger partial charge is 0.241 e. The number of hydrogen-bond acceptors (Lipinski definition) is 5. The van der Waals surface area contributed by atoms with Gasteiger partial charge in [0.1, 0.15) is 6.33 Å². The van der Waals surface area contributed by atoms with Crippen molar-refractivity contribution in [3.63, 3.8) is 0 Å². The van der Waals surface area contributed by atoms with Crippen molar-refractivity contribution < 1.29 is 0 Å². The van der Waals surface area contributed by atoms with E-state index in [9.17, 15) is 0 Å². The van der Waals surface area contributed by atoms with E-state index in [4.69, 9.17) is 11.6 Å². The Morgan fingerprint density at radius 1 is 1.47 bits per heavy atom. The molecule has 1 unspecified atom stereocenters. The first-order valence-electron chi connectivity index (χ1n) is 4.98. The van der Waals surface area contributed by atoms with E-state index < -0.39 is 0 Å². The molecule has 7 heteroatoms. The van der Waals surface area contributed by atoms with Crippen LogP contribution < -0.4 is 5.32 Å². The van der Waals surface area contributed by atoms with Gasteiger partial charge < -0.3 is 5.32 Å². The average molecular weight is 251 g/mol. The van der Waals surface area contributed by atoms with E-state index in [0.29, 0.717) is 11.9 Å². The molecule has 0 aliphatic rings. The van der Waals surface area contributed by atoms with Crippen molar-refractivity contribution in [2.24, 2.45) is 0 Å². The van der Waals surface area contributed by atoms with Crippen LogP contribution in [-0.2, 0) is 0 Å². The molecular weight excluding hydrogens is 240 g/mol. The van der Waals surface area contributed by atoms with E-state index in [1.54, 1.807) is 29.4 Å². The SMILES string of the molecule is C=CC(C)Nc1nc(Cl)nc(-n2ccnc2)n1. The molecule has 0 radical (unpaired) electrons. The molecule has 0 aliphatic heterocycles. The normalized spacial score (nSPS) is 12.1. The summed E-state index contributed by atoms with van der Waals surface area (Å²) in [5.41, 5.74) is 0. The average Bonchev–Trinajstić information content (AvgIpc) is 2.81. The summed E-state index contributed by atoms with van der Waals surface area (Å²) in [7, 11) is 0. The van der Waals surface area contributed by atoms with Gasteiger partial charge in [-0.15, -0.1) is 6.58 Å². The second kappa shape index (κ2) is 4.92. The predicted molar refractivity (Wildman–Crippen MR) is 65.2 cm³/mol. The molecule has 88 valence electrons. The Hall–Kier alpha value is -1.95. The molecule has 0 spiro atoms. The van der Waals surface area contributed by atoms with Crippen LogP contribution in [-0.4, -0.2) is 30.5 Å². The molecule has 2 aromatic rings. The molecule has 0 bridgehead atoms. The van der Waals surface area contributed by atoms with Crippen LogP contribution >= 0.6 is 11.6 Å². The maximum Gasteiger partial charge on any atom is 0.241 e. The van der Waals surface area contributed by atoms with Crippen LogP contribution in [0.1, 0.15) is 6.92 Å². The van der Waals surface area contributed by atoms with Gasteiger partial charge >= 0.3 is 0 Å². The molecule has 0 aromatic carbocycles. The Morgan fingerprint density at radius 3 is 2.94 bits per heavy atom. The topological polar surface area (TPSA) is 68.5 Å². The van der Waals surface area contributed by atoms with Crippen molar-refractivity contribution in [1.82, 2.24) is 24.5 Å². The van der Waals surface area contributed by atoms with Crippen LogP contribution in [0.3, 0.4) is 0 Å². The van der Waals surface area contributed by atoms with Crippen LogP contribution in [0.25, 0.3) is 5.95 Å². The second-order valence-corrected chi connectivity index (χ2v) is 3.70. The first-order chi connectivity index (χ1) is 8.19. The molecule has 0 amide bonds. The van der Waals surface area contributed by atoms with Gasteiger partial charge in [0, 0.05) is 18.4 Å². The van der Waals surface area contributed by atoms with Gasteiger partial charge in [-0.3, -0.25) is 4.57 Å². The molecule has 1 atom stereocenters. The molecule has 0 fully saturated rings. The zero-order valence-electron chi connectivity index (χ0n) is 9.21. The predicted octanol–water partition coefficient (Wildman–Crippen LogP) is 1.70. The number of imidazole rings is 1. The summed E-state index contributed by atoms with van der Waals surface area (Å²) in [6, 6.07) is 0.0455. The van der Waals surface area contributed by atoms with Gasteiger partial charge in [-0.25, -0.2) is 4.98 Å². The highest BCUT2D eigenvalue weighted by atomic mass is 35.5. The van der Waals surface area contributed by atoms with Crippen molar-refractivity contribution in [2.75, 3.05) is 5.32 Å². The molecule has 17 heavy (non-hydrogen) atoms. The Labute approximate surface area is 103 Å². The lowest BCUT2D eigenvalue weighted by Gasteiger charge is -2.09. The highest BCUT2D eigenvalue weighted by Crippen LogP contribution is 2.10. The Balaban J connectivity index is 2.33. The summed E-state index contributed by atoms with van der Waals surface area (Å²) in [5.74, 6) is 0.822. The minimum atomic E-state index is 0.0455. The Bertz CT molecular complexity index is 510. The summed E-state index contributed by atoms with van der Waals surface area (Å²) < 4.78 is 1.65. The lowest BCUT2D eigenvalue weighted by Crippen LogP contribution is -2.15. The highest BCUT2D eigenvalue weighted by molar-refractivity contribution is 6.28.